The van der Waals surface area contributed by atoms with E-state index in [0.717, 1.165) is 51.4 Å². The lowest BCUT2D eigenvalue weighted by Gasteiger charge is -2.31. The number of nitrogens with zero attached hydrogens (tertiary/aromatic N) is 1. The second kappa shape index (κ2) is 48.1. The molecule has 0 aromatic heterocycles. The summed E-state index contributed by atoms with van der Waals surface area (Å²) in [4.78, 5) is 25.5. The minimum absolute atomic E-state index is 0.0486. The fourth-order valence-corrected chi connectivity index (χ4v) is 8.85. The number of amides is 1. The number of carbonyl (C=O) groups excluding carboxylic acids is 1. The van der Waals surface area contributed by atoms with Crippen molar-refractivity contribution in [2.75, 3.05) is 40.9 Å². The van der Waals surface area contributed by atoms with Gasteiger partial charge in [0.25, 0.3) is 7.82 Å². The fraction of sp³-hybridized carbons (Fsp3) is 0.842. The van der Waals surface area contributed by atoms with E-state index < -0.39 is 32.7 Å². The topological polar surface area (TPSA) is 128 Å². The summed E-state index contributed by atoms with van der Waals surface area (Å²) in [5.41, 5.74) is 0. The lowest BCUT2D eigenvalue weighted by molar-refractivity contribution is -0.870. The first kappa shape index (κ1) is 65.4. The average molecular weight is 965 g/mol. The number of allylic oxidation sites excluding steroid dienone is 8. The summed E-state index contributed by atoms with van der Waals surface area (Å²) in [5.74, 6) is -0.291. The molecule has 0 aliphatic rings. The molecule has 0 aliphatic heterocycles. The minimum atomic E-state index is -4.68. The Labute approximate surface area is 414 Å². The Hall–Kier alpha value is -1.58. The van der Waals surface area contributed by atoms with Gasteiger partial charge in [-0.05, 0) is 83.5 Å². The molecule has 1 amide bonds. The summed E-state index contributed by atoms with van der Waals surface area (Å²) in [6.07, 6.45) is 59.0. The van der Waals surface area contributed by atoms with E-state index in [-0.39, 0.29) is 18.9 Å². The van der Waals surface area contributed by atoms with Crippen molar-refractivity contribution >= 4 is 13.7 Å². The molecule has 0 spiro atoms. The van der Waals surface area contributed by atoms with E-state index in [9.17, 15) is 24.5 Å². The van der Waals surface area contributed by atoms with Crippen LogP contribution in [-0.4, -0.2) is 79.8 Å². The smallest absolute Gasteiger partial charge is 0.268 e. The van der Waals surface area contributed by atoms with Gasteiger partial charge in [0.2, 0.25) is 5.91 Å². The number of phosphoric acid groups is 1. The van der Waals surface area contributed by atoms with Gasteiger partial charge < -0.3 is 34.0 Å². The molecule has 10 heteroatoms. The molecular formula is C57H109N2O7P. The molecule has 9 nitrogen and oxygen atoms in total. The van der Waals surface area contributed by atoms with Crippen LogP contribution in [0.1, 0.15) is 251 Å². The number of hydrogen-bond donors (Lipinski definition) is 3. The van der Waals surface area contributed by atoms with Gasteiger partial charge in [0.05, 0.1) is 39.9 Å². The Kier molecular flexibility index (Phi) is 46.9. The van der Waals surface area contributed by atoms with Gasteiger partial charge in [-0.3, -0.25) is 9.36 Å². The van der Waals surface area contributed by atoms with Gasteiger partial charge in [0.15, 0.2) is 0 Å². The van der Waals surface area contributed by atoms with Gasteiger partial charge in [-0.1, -0.05) is 210 Å². The van der Waals surface area contributed by atoms with E-state index in [1.807, 2.05) is 21.1 Å². The number of likely N-dealkylation sites (N-methyl/N-ethyl adjacent to an activating group) is 1. The maximum absolute atomic E-state index is 13.0. The number of quaternary nitrogens is 1. The van der Waals surface area contributed by atoms with Crippen molar-refractivity contribution in [3.05, 3.63) is 48.6 Å². The highest BCUT2D eigenvalue weighted by Gasteiger charge is 2.29. The Morgan fingerprint density at radius 3 is 1.37 bits per heavy atom. The Morgan fingerprint density at radius 1 is 0.537 bits per heavy atom. The van der Waals surface area contributed by atoms with E-state index in [4.69, 9.17) is 9.05 Å². The molecular weight excluding hydrogens is 856 g/mol. The molecule has 0 saturated carbocycles. The molecule has 0 saturated heterocycles. The number of phosphoric ester groups is 1. The highest BCUT2D eigenvalue weighted by Crippen LogP contribution is 2.38. The standard InChI is InChI=1S/C57H109N2O7P/c1-6-8-10-12-14-16-18-20-21-22-23-24-25-26-27-28-29-30-31-32-33-34-35-36-37-38-40-42-44-46-48-50-56(61)58-54(53-66-67(63,64)65-52-51-59(3,4)5)57(62)55(60)49-47-45-43-41-39-19-17-15-13-11-9-7-2/h15,17-18,20,22-23,41,43,54-55,57,60,62H,6-14,16,19,21,24-40,42,44-53H2,1-5H3,(H-,58,61,63,64)/b17-15+,20-18-,23-22-,43-41+. The van der Waals surface area contributed by atoms with Gasteiger partial charge in [-0.25, -0.2) is 0 Å². The third kappa shape index (κ3) is 49.2. The van der Waals surface area contributed by atoms with Crippen molar-refractivity contribution in [1.29, 1.82) is 0 Å². The SMILES string of the molecule is CCCCC/C=C/CC/C=C/CCCC(O)C(O)C(COP(=O)([O-])OCC[N+](C)(C)C)NC(=O)CCCCCCCCCCCCCCCCCCCCC/C=C\C/C=C\CCCCCCC. The Balaban J connectivity index is 4.13. The van der Waals surface area contributed by atoms with E-state index in [2.05, 4.69) is 67.8 Å². The predicted octanol–water partition coefficient (Wildman–Crippen LogP) is 15.1. The van der Waals surface area contributed by atoms with Gasteiger partial charge in [-0.15, -0.1) is 0 Å². The second-order valence-corrected chi connectivity index (χ2v) is 21.8. The van der Waals surface area contributed by atoms with Crippen molar-refractivity contribution in [2.24, 2.45) is 0 Å². The summed E-state index contributed by atoms with van der Waals surface area (Å²) < 4.78 is 23.2. The quantitative estimate of drug-likeness (QED) is 0.0240. The summed E-state index contributed by atoms with van der Waals surface area (Å²) in [6.45, 7) is 4.38. The van der Waals surface area contributed by atoms with Crippen LogP contribution in [0.25, 0.3) is 0 Å². The zero-order valence-electron chi connectivity index (χ0n) is 44.5. The number of unbranched alkanes of at least 4 members (excludes halogenated alkanes) is 29. The van der Waals surface area contributed by atoms with Crippen molar-refractivity contribution in [2.45, 2.75) is 270 Å². The molecule has 0 rings (SSSR count). The predicted molar refractivity (Wildman–Crippen MR) is 285 cm³/mol. The molecule has 4 atom stereocenters. The van der Waals surface area contributed by atoms with Gasteiger partial charge in [-0.2, -0.15) is 0 Å². The fourth-order valence-electron chi connectivity index (χ4n) is 8.13. The van der Waals surface area contributed by atoms with E-state index in [1.165, 1.54) is 161 Å². The summed E-state index contributed by atoms with van der Waals surface area (Å²) in [7, 11) is 1.10. The minimum Gasteiger partial charge on any atom is -0.756 e. The second-order valence-electron chi connectivity index (χ2n) is 20.4. The Morgan fingerprint density at radius 2 is 0.910 bits per heavy atom. The number of nitrogens with one attached hydrogen (secondary N) is 1. The molecule has 67 heavy (non-hydrogen) atoms. The molecule has 0 bridgehead atoms. The number of aliphatic hydroxyl groups is 2. The molecule has 0 fully saturated rings. The normalized spacial score (nSPS) is 14.8. The van der Waals surface area contributed by atoms with Crippen molar-refractivity contribution in [3.63, 3.8) is 0 Å². The van der Waals surface area contributed by atoms with Crippen LogP contribution in [-0.2, 0) is 18.4 Å². The highest BCUT2D eigenvalue weighted by atomic mass is 31.2. The molecule has 0 heterocycles. The lowest BCUT2D eigenvalue weighted by atomic mass is 10.0. The summed E-state index contributed by atoms with van der Waals surface area (Å²) >= 11 is 0. The zero-order valence-corrected chi connectivity index (χ0v) is 45.4. The molecule has 4 unspecified atom stereocenters. The van der Waals surface area contributed by atoms with Gasteiger partial charge in [0.1, 0.15) is 19.3 Å². The molecule has 0 aromatic carbocycles. The number of hydrogen-bond acceptors (Lipinski definition) is 7. The average Bonchev–Trinajstić information content (AvgIpc) is 3.29. The van der Waals surface area contributed by atoms with E-state index >= 15 is 0 Å². The van der Waals surface area contributed by atoms with Crippen LogP contribution in [0.5, 0.6) is 0 Å². The Bertz CT molecular complexity index is 1250. The first-order valence-corrected chi connectivity index (χ1v) is 29.5. The lowest BCUT2D eigenvalue weighted by Crippen LogP contribution is -2.51. The van der Waals surface area contributed by atoms with Gasteiger partial charge in [0, 0.05) is 6.42 Å². The maximum atomic E-state index is 13.0. The summed E-state index contributed by atoms with van der Waals surface area (Å²) in [6, 6.07) is -1.10. The third-order valence-electron chi connectivity index (χ3n) is 12.6. The van der Waals surface area contributed by atoms with E-state index in [1.54, 1.807) is 0 Å². The largest absolute Gasteiger partial charge is 0.756 e. The first-order chi connectivity index (χ1) is 32.4. The highest BCUT2D eigenvalue weighted by molar-refractivity contribution is 7.45. The van der Waals surface area contributed by atoms with Gasteiger partial charge >= 0.3 is 0 Å². The maximum Gasteiger partial charge on any atom is 0.268 e. The first-order valence-electron chi connectivity index (χ1n) is 28.1. The van der Waals surface area contributed by atoms with Crippen LogP contribution in [0, 0.1) is 0 Å². The van der Waals surface area contributed by atoms with Crippen LogP contribution in [0.4, 0.5) is 0 Å². The molecule has 0 aliphatic carbocycles. The number of rotatable bonds is 51. The number of carbonyl (C=O) groups is 1. The van der Waals surface area contributed by atoms with Crippen molar-refractivity contribution in [1.82, 2.24) is 5.32 Å². The molecule has 0 aromatic rings. The van der Waals surface area contributed by atoms with Crippen LogP contribution >= 0.6 is 7.82 Å². The molecule has 3 N–H and O–H groups in total. The summed E-state index contributed by atoms with van der Waals surface area (Å²) in [5, 5.41) is 24.7. The zero-order chi connectivity index (χ0) is 49.4. The molecule has 394 valence electrons. The van der Waals surface area contributed by atoms with Crippen molar-refractivity contribution < 1.29 is 38.0 Å². The van der Waals surface area contributed by atoms with Crippen LogP contribution in [0.3, 0.4) is 0 Å². The van der Waals surface area contributed by atoms with Crippen molar-refractivity contribution in [3.8, 4) is 0 Å². The molecule has 0 radical (unpaired) electrons. The van der Waals surface area contributed by atoms with Crippen LogP contribution < -0.4 is 10.2 Å². The third-order valence-corrected chi connectivity index (χ3v) is 13.6. The van der Waals surface area contributed by atoms with Crippen LogP contribution in [0.2, 0.25) is 0 Å². The van der Waals surface area contributed by atoms with E-state index in [0.29, 0.717) is 30.3 Å². The monoisotopic (exact) mass is 965 g/mol. The van der Waals surface area contributed by atoms with Crippen LogP contribution in [0.15, 0.2) is 48.6 Å². The number of aliphatic hydroxyl groups excluding tert-OH is 2.